The minimum atomic E-state index is -3.40. The molecule has 0 aliphatic carbocycles. The molecule has 7 heteroatoms. The normalized spacial score (nSPS) is 25.7. The van der Waals surface area contributed by atoms with E-state index in [1.807, 2.05) is 6.92 Å². The molecule has 0 bridgehead atoms. The van der Waals surface area contributed by atoms with E-state index in [0.29, 0.717) is 19.0 Å². The molecule has 20 heavy (non-hydrogen) atoms. The van der Waals surface area contributed by atoms with E-state index in [2.05, 4.69) is 4.72 Å². The van der Waals surface area contributed by atoms with Crippen molar-refractivity contribution < 1.29 is 18.3 Å². The van der Waals surface area contributed by atoms with Crippen LogP contribution < -0.4 is 4.72 Å². The van der Waals surface area contributed by atoms with Crippen LogP contribution in [-0.2, 0) is 14.9 Å². The van der Waals surface area contributed by atoms with E-state index in [1.54, 1.807) is 0 Å². The Kier molecular flexibility index (Phi) is 5.80. The summed E-state index contributed by atoms with van der Waals surface area (Å²) >= 11 is 0. The topological polar surface area (TPSA) is 78.9 Å². The minimum Gasteiger partial charge on any atom is -0.396 e. The number of nitrogens with one attached hydrogen (secondary N) is 1. The Morgan fingerprint density at radius 3 is 2.40 bits per heavy atom. The van der Waals surface area contributed by atoms with Crippen molar-refractivity contribution in [2.75, 3.05) is 32.9 Å². The molecule has 0 saturated carbocycles. The van der Waals surface area contributed by atoms with Crippen molar-refractivity contribution in [3.05, 3.63) is 0 Å². The van der Waals surface area contributed by atoms with E-state index in [1.165, 1.54) is 4.31 Å². The van der Waals surface area contributed by atoms with Crippen molar-refractivity contribution in [1.29, 1.82) is 0 Å². The molecule has 0 amide bonds. The van der Waals surface area contributed by atoms with E-state index in [4.69, 9.17) is 9.84 Å². The second-order valence-corrected chi connectivity index (χ2v) is 7.59. The van der Waals surface area contributed by atoms with Crippen LogP contribution in [-0.4, -0.2) is 56.8 Å². The number of aliphatic hydroxyl groups is 1. The van der Waals surface area contributed by atoms with Crippen LogP contribution >= 0.6 is 0 Å². The summed E-state index contributed by atoms with van der Waals surface area (Å²) in [6.07, 6.45) is 3.30. The van der Waals surface area contributed by atoms with Crippen LogP contribution in [0.5, 0.6) is 0 Å². The van der Waals surface area contributed by atoms with Gasteiger partial charge in [-0.2, -0.15) is 17.4 Å². The van der Waals surface area contributed by atoms with Crippen molar-refractivity contribution >= 4 is 10.2 Å². The lowest BCUT2D eigenvalue weighted by atomic mass is 9.94. The molecule has 2 aliphatic heterocycles. The Morgan fingerprint density at radius 1 is 1.25 bits per heavy atom. The van der Waals surface area contributed by atoms with Crippen LogP contribution in [0.2, 0.25) is 0 Å². The van der Waals surface area contributed by atoms with Crippen molar-refractivity contribution in [1.82, 2.24) is 9.03 Å². The molecule has 2 heterocycles. The SMILES string of the molecule is CC(NS(=O)(=O)N1CCC(CO)CC1)C1CCOCC1. The zero-order valence-corrected chi connectivity index (χ0v) is 12.9. The van der Waals surface area contributed by atoms with Gasteiger partial charge in [-0.25, -0.2) is 0 Å². The fraction of sp³-hybridized carbons (Fsp3) is 1.00. The van der Waals surface area contributed by atoms with Crippen LogP contribution in [0.4, 0.5) is 0 Å². The molecule has 2 rings (SSSR count). The molecular formula is C13H26N2O4S. The Balaban J connectivity index is 1.87. The first-order valence-electron chi connectivity index (χ1n) is 7.49. The van der Waals surface area contributed by atoms with E-state index in [9.17, 15) is 8.42 Å². The lowest BCUT2D eigenvalue weighted by molar-refractivity contribution is 0.0583. The molecule has 2 N–H and O–H groups in total. The first-order chi connectivity index (χ1) is 9.53. The quantitative estimate of drug-likeness (QED) is 0.768. The summed E-state index contributed by atoms with van der Waals surface area (Å²) in [6.45, 7) is 4.53. The van der Waals surface area contributed by atoms with Crippen LogP contribution in [0.3, 0.4) is 0 Å². The second kappa shape index (κ2) is 7.17. The zero-order valence-electron chi connectivity index (χ0n) is 12.1. The third-order valence-electron chi connectivity index (χ3n) is 4.48. The molecule has 0 aromatic heterocycles. The molecular weight excluding hydrogens is 280 g/mol. The summed E-state index contributed by atoms with van der Waals surface area (Å²) in [5.41, 5.74) is 0. The standard InChI is InChI=1S/C13H26N2O4S/c1-11(13-4-8-19-9-5-13)14-20(17,18)15-6-2-12(10-16)3-7-15/h11-14,16H,2-10H2,1H3. The maximum Gasteiger partial charge on any atom is 0.279 e. The van der Waals surface area contributed by atoms with Gasteiger partial charge < -0.3 is 9.84 Å². The first-order valence-corrected chi connectivity index (χ1v) is 8.93. The molecule has 2 aliphatic rings. The number of rotatable bonds is 5. The summed E-state index contributed by atoms with van der Waals surface area (Å²) in [4.78, 5) is 0. The fourth-order valence-corrected chi connectivity index (χ4v) is 4.46. The first kappa shape index (κ1) is 16.2. The maximum atomic E-state index is 12.4. The van der Waals surface area contributed by atoms with Gasteiger partial charge in [-0.05, 0) is 44.4 Å². The molecule has 118 valence electrons. The highest BCUT2D eigenvalue weighted by molar-refractivity contribution is 7.87. The Bertz CT molecular complexity index is 387. The Morgan fingerprint density at radius 2 is 1.85 bits per heavy atom. The van der Waals surface area contributed by atoms with Crippen LogP contribution in [0.1, 0.15) is 32.6 Å². The average molecular weight is 306 g/mol. The van der Waals surface area contributed by atoms with Gasteiger partial charge in [-0.3, -0.25) is 0 Å². The highest BCUT2D eigenvalue weighted by Crippen LogP contribution is 2.22. The Hall–Kier alpha value is -0.210. The summed E-state index contributed by atoms with van der Waals surface area (Å²) in [6, 6.07) is -0.0561. The molecule has 0 spiro atoms. The number of hydrogen-bond donors (Lipinski definition) is 2. The second-order valence-electron chi connectivity index (χ2n) is 5.89. The van der Waals surface area contributed by atoms with E-state index < -0.39 is 10.2 Å². The monoisotopic (exact) mass is 306 g/mol. The van der Waals surface area contributed by atoms with Crippen molar-refractivity contribution in [2.45, 2.75) is 38.6 Å². The zero-order chi connectivity index (χ0) is 14.6. The van der Waals surface area contributed by atoms with Gasteiger partial charge in [0.2, 0.25) is 0 Å². The van der Waals surface area contributed by atoms with E-state index in [-0.39, 0.29) is 18.6 Å². The molecule has 0 aromatic rings. The van der Waals surface area contributed by atoms with E-state index in [0.717, 1.165) is 38.9 Å². The largest absolute Gasteiger partial charge is 0.396 e. The van der Waals surface area contributed by atoms with Crippen LogP contribution in [0.25, 0.3) is 0 Å². The summed E-state index contributed by atoms with van der Waals surface area (Å²) in [7, 11) is -3.40. The molecule has 2 saturated heterocycles. The fourth-order valence-electron chi connectivity index (χ4n) is 2.95. The molecule has 1 unspecified atom stereocenters. The van der Waals surface area contributed by atoms with Gasteiger partial charge >= 0.3 is 0 Å². The molecule has 6 nitrogen and oxygen atoms in total. The van der Waals surface area contributed by atoms with Crippen molar-refractivity contribution in [3.63, 3.8) is 0 Å². The highest BCUT2D eigenvalue weighted by Gasteiger charge is 2.31. The van der Waals surface area contributed by atoms with Gasteiger partial charge in [0, 0.05) is 39.0 Å². The smallest absolute Gasteiger partial charge is 0.279 e. The molecule has 0 aromatic carbocycles. The maximum absolute atomic E-state index is 12.4. The van der Waals surface area contributed by atoms with Crippen LogP contribution in [0, 0.1) is 11.8 Å². The highest BCUT2D eigenvalue weighted by atomic mass is 32.2. The van der Waals surface area contributed by atoms with Crippen molar-refractivity contribution in [3.8, 4) is 0 Å². The third kappa shape index (κ3) is 4.14. The predicted octanol–water partition coefficient (Wildman–Crippen LogP) is 0.340. The third-order valence-corrected chi connectivity index (χ3v) is 6.19. The van der Waals surface area contributed by atoms with Gasteiger partial charge in [-0.1, -0.05) is 0 Å². The number of ether oxygens (including phenoxy) is 1. The number of hydrogen-bond acceptors (Lipinski definition) is 4. The van der Waals surface area contributed by atoms with Gasteiger partial charge in [0.05, 0.1) is 0 Å². The minimum absolute atomic E-state index is 0.0561. The Labute approximate surface area is 121 Å². The number of aliphatic hydroxyl groups excluding tert-OH is 1. The van der Waals surface area contributed by atoms with Gasteiger partial charge in [-0.15, -0.1) is 0 Å². The predicted molar refractivity (Wildman–Crippen MR) is 76.4 cm³/mol. The van der Waals surface area contributed by atoms with Gasteiger partial charge in [0.25, 0.3) is 10.2 Å². The number of nitrogens with zero attached hydrogens (tertiary/aromatic N) is 1. The summed E-state index contributed by atoms with van der Waals surface area (Å²) in [5.74, 6) is 0.600. The molecule has 0 radical (unpaired) electrons. The summed E-state index contributed by atoms with van der Waals surface area (Å²) in [5, 5.41) is 9.10. The van der Waals surface area contributed by atoms with Crippen LogP contribution in [0.15, 0.2) is 0 Å². The average Bonchev–Trinajstić information content (AvgIpc) is 2.48. The molecule has 1 atom stereocenters. The lowest BCUT2D eigenvalue weighted by Crippen LogP contribution is -2.50. The van der Waals surface area contributed by atoms with Gasteiger partial charge in [0.15, 0.2) is 0 Å². The van der Waals surface area contributed by atoms with E-state index >= 15 is 0 Å². The molecule has 2 fully saturated rings. The summed E-state index contributed by atoms with van der Waals surface area (Å²) < 4.78 is 34.3. The van der Waals surface area contributed by atoms with Gasteiger partial charge in [0.1, 0.15) is 0 Å². The van der Waals surface area contributed by atoms with Crippen molar-refractivity contribution in [2.24, 2.45) is 11.8 Å². The number of piperidine rings is 1. The lowest BCUT2D eigenvalue weighted by Gasteiger charge is -2.33.